The van der Waals surface area contributed by atoms with Gasteiger partial charge in [0.05, 0.1) is 12.6 Å². The van der Waals surface area contributed by atoms with Gasteiger partial charge >= 0.3 is 0 Å². The van der Waals surface area contributed by atoms with Gasteiger partial charge in [-0.3, -0.25) is 4.99 Å². The molecule has 2 heterocycles. The highest BCUT2D eigenvalue weighted by molar-refractivity contribution is 5.80. The molecule has 6 nitrogen and oxygen atoms in total. The van der Waals surface area contributed by atoms with Crippen LogP contribution in [0, 0.1) is 0 Å². The number of guanidine groups is 1. The minimum absolute atomic E-state index is 0.172. The molecule has 0 aliphatic carbocycles. The van der Waals surface area contributed by atoms with Crippen molar-refractivity contribution in [2.75, 3.05) is 47.0 Å². The van der Waals surface area contributed by atoms with Crippen LogP contribution < -0.4 is 10.1 Å². The number of rotatable bonds is 7. The molecule has 0 bridgehead atoms. The first-order valence-corrected chi connectivity index (χ1v) is 9.61. The van der Waals surface area contributed by atoms with Crippen LogP contribution in [0.5, 0.6) is 5.75 Å². The summed E-state index contributed by atoms with van der Waals surface area (Å²) in [5, 5.41) is 3.48. The summed E-state index contributed by atoms with van der Waals surface area (Å²) >= 11 is 0. The highest BCUT2D eigenvalue weighted by atomic mass is 16.5. The number of nitrogens with zero attached hydrogens (tertiary/aromatic N) is 2. The maximum atomic E-state index is 6.00. The Balaban J connectivity index is 1.38. The number of para-hydroxylation sites is 1. The molecule has 1 N–H and O–H groups in total. The van der Waals surface area contributed by atoms with Crippen LogP contribution >= 0.6 is 0 Å². The van der Waals surface area contributed by atoms with Gasteiger partial charge in [-0.25, -0.2) is 0 Å². The summed E-state index contributed by atoms with van der Waals surface area (Å²) in [5.41, 5.74) is 1.29. The largest absolute Gasteiger partial charge is 0.488 e. The van der Waals surface area contributed by atoms with Crippen LogP contribution in [0.4, 0.5) is 0 Å². The molecule has 1 aromatic rings. The number of likely N-dealkylation sites (tertiary alicyclic amines) is 1. The van der Waals surface area contributed by atoms with E-state index in [2.05, 4.69) is 27.3 Å². The van der Waals surface area contributed by atoms with E-state index in [1.165, 1.54) is 5.56 Å². The predicted molar refractivity (Wildman–Crippen MR) is 103 cm³/mol. The molecular formula is C20H31N3O3. The first-order chi connectivity index (χ1) is 12.8. The number of hydrogen-bond donors (Lipinski definition) is 1. The highest BCUT2D eigenvalue weighted by Gasteiger charge is 2.25. The minimum Gasteiger partial charge on any atom is -0.488 e. The first kappa shape index (κ1) is 19.0. The van der Waals surface area contributed by atoms with Gasteiger partial charge in [0, 0.05) is 46.9 Å². The number of ether oxygens (including phenoxy) is 3. The number of hydrogen-bond acceptors (Lipinski definition) is 4. The van der Waals surface area contributed by atoms with Crippen molar-refractivity contribution >= 4 is 5.96 Å². The lowest BCUT2D eigenvalue weighted by molar-refractivity contribution is 0.00984. The lowest BCUT2D eigenvalue weighted by atomic mass is 10.1. The normalized spacial score (nSPS) is 20.8. The fourth-order valence-corrected chi connectivity index (χ4v) is 3.59. The fourth-order valence-electron chi connectivity index (χ4n) is 3.59. The molecule has 1 aromatic carbocycles. The molecular weight excluding hydrogens is 330 g/mol. The monoisotopic (exact) mass is 361 g/mol. The Kier molecular flexibility index (Phi) is 7.14. The highest BCUT2D eigenvalue weighted by Crippen LogP contribution is 2.27. The van der Waals surface area contributed by atoms with Crippen LogP contribution in [-0.2, 0) is 15.9 Å². The molecule has 0 saturated carbocycles. The Hall–Kier alpha value is -1.79. The number of aliphatic imine (C=N–C) groups is 1. The van der Waals surface area contributed by atoms with E-state index < -0.39 is 0 Å². The Bertz CT molecular complexity index is 560. The second kappa shape index (κ2) is 9.78. The maximum absolute atomic E-state index is 6.00. The van der Waals surface area contributed by atoms with Gasteiger partial charge in [0.1, 0.15) is 11.9 Å². The smallest absolute Gasteiger partial charge is 0.193 e. The summed E-state index contributed by atoms with van der Waals surface area (Å²) in [5.74, 6) is 1.98. The topological polar surface area (TPSA) is 55.3 Å². The summed E-state index contributed by atoms with van der Waals surface area (Å²) in [6, 6.07) is 8.27. The van der Waals surface area contributed by atoms with Crippen LogP contribution in [0.15, 0.2) is 29.3 Å². The average molecular weight is 361 g/mol. The van der Waals surface area contributed by atoms with Crippen LogP contribution in [0.1, 0.15) is 24.8 Å². The molecule has 0 spiro atoms. The molecule has 2 aliphatic rings. The molecule has 3 rings (SSSR count). The van der Waals surface area contributed by atoms with Gasteiger partial charge in [-0.05, 0) is 30.9 Å². The minimum atomic E-state index is 0.172. The summed E-state index contributed by atoms with van der Waals surface area (Å²) in [6.07, 6.45) is 4.53. The maximum Gasteiger partial charge on any atom is 0.193 e. The van der Waals surface area contributed by atoms with Gasteiger partial charge < -0.3 is 24.4 Å². The molecule has 1 fully saturated rings. The van der Waals surface area contributed by atoms with Gasteiger partial charge in [0.2, 0.25) is 0 Å². The van der Waals surface area contributed by atoms with Crippen LogP contribution in [0.2, 0.25) is 0 Å². The third kappa shape index (κ3) is 5.11. The molecule has 26 heavy (non-hydrogen) atoms. The quantitative estimate of drug-likeness (QED) is 0.458. The molecule has 1 atom stereocenters. The van der Waals surface area contributed by atoms with Crippen LogP contribution in [0.25, 0.3) is 0 Å². The van der Waals surface area contributed by atoms with Crippen molar-refractivity contribution in [1.29, 1.82) is 0 Å². The number of piperidine rings is 1. The zero-order chi connectivity index (χ0) is 18.2. The van der Waals surface area contributed by atoms with Crippen molar-refractivity contribution in [3.05, 3.63) is 29.8 Å². The molecule has 1 saturated heterocycles. The van der Waals surface area contributed by atoms with E-state index in [9.17, 15) is 0 Å². The van der Waals surface area contributed by atoms with Crippen molar-refractivity contribution in [3.63, 3.8) is 0 Å². The average Bonchev–Trinajstić information content (AvgIpc) is 3.10. The standard InChI is InChI=1S/C20H31N3O3/c1-21-20(22-15-18-14-16-6-3-4-7-19(16)26-18)23-10-8-17(9-11-23)25-13-5-12-24-2/h3-4,6-7,17-18H,5,8-15H2,1-2H3,(H,21,22). The van der Waals surface area contributed by atoms with Crippen LogP contribution in [-0.4, -0.2) is 70.1 Å². The molecule has 6 heteroatoms. The fraction of sp³-hybridized carbons (Fsp3) is 0.650. The zero-order valence-corrected chi connectivity index (χ0v) is 15.9. The van der Waals surface area contributed by atoms with Crippen molar-refractivity contribution < 1.29 is 14.2 Å². The Labute approximate surface area is 156 Å². The molecule has 2 aliphatic heterocycles. The van der Waals surface area contributed by atoms with Gasteiger partial charge in [-0.2, -0.15) is 0 Å². The van der Waals surface area contributed by atoms with E-state index in [1.54, 1.807) is 7.11 Å². The van der Waals surface area contributed by atoms with Gasteiger partial charge in [-0.15, -0.1) is 0 Å². The third-order valence-corrected chi connectivity index (χ3v) is 5.00. The second-order valence-corrected chi connectivity index (χ2v) is 6.88. The molecule has 0 radical (unpaired) electrons. The van der Waals surface area contributed by atoms with E-state index in [0.717, 1.165) is 70.2 Å². The van der Waals surface area contributed by atoms with Crippen molar-refractivity contribution in [2.24, 2.45) is 4.99 Å². The zero-order valence-electron chi connectivity index (χ0n) is 15.9. The number of methoxy groups -OCH3 is 1. The van der Waals surface area contributed by atoms with Gasteiger partial charge in [-0.1, -0.05) is 18.2 Å². The molecule has 1 unspecified atom stereocenters. The summed E-state index contributed by atoms with van der Waals surface area (Å²) in [6.45, 7) is 4.27. The van der Waals surface area contributed by atoms with E-state index in [4.69, 9.17) is 14.2 Å². The molecule has 144 valence electrons. The Morgan fingerprint density at radius 1 is 1.27 bits per heavy atom. The lowest BCUT2D eigenvalue weighted by Crippen LogP contribution is -2.49. The van der Waals surface area contributed by atoms with Gasteiger partial charge in [0.25, 0.3) is 0 Å². The predicted octanol–water partition coefficient (Wildman–Crippen LogP) is 2.08. The first-order valence-electron chi connectivity index (χ1n) is 9.61. The van der Waals surface area contributed by atoms with Crippen molar-refractivity contribution in [1.82, 2.24) is 10.2 Å². The van der Waals surface area contributed by atoms with E-state index in [1.807, 2.05) is 19.2 Å². The SMILES string of the molecule is CN=C(NCC1Cc2ccccc2O1)N1CCC(OCCCOC)CC1. The van der Waals surface area contributed by atoms with Gasteiger partial charge in [0.15, 0.2) is 5.96 Å². The van der Waals surface area contributed by atoms with Crippen molar-refractivity contribution in [3.8, 4) is 5.75 Å². The molecule has 0 aromatic heterocycles. The Morgan fingerprint density at radius 2 is 2.08 bits per heavy atom. The van der Waals surface area contributed by atoms with E-state index in [0.29, 0.717) is 6.10 Å². The van der Waals surface area contributed by atoms with Crippen LogP contribution in [0.3, 0.4) is 0 Å². The lowest BCUT2D eigenvalue weighted by Gasteiger charge is -2.34. The second-order valence-electron chi connectivity index (χ2n) is 6.88. The molecule has 0 amide bonds. The third-order valence-electron chi connectivity index (χ3n) is 5.00. The Morgan fingerprint density at radius 3 is 2.81 bits per heavy atom. The van der Waals surface area contributed by atoms with Crippen molar-refractivity contribution in [2.45, 2.75) is 37.9 Å². The number of fused-ring (bicyclic) bond motifs is 1. The van der Waals surface area contributed by atoms with E-state index in [-0.39, 0.29) is 6.10 Å². The summed E-state index contributed by atoms with van der Waals surface area (Å²) < 4.78 is 17.0. The summed E-state index contributed by atoms with van der Waals surface area (Å²) in [7, 11) is 3.58. The number of nitrogens with one attached hydrogen (secondary N) is 1. The summed E-state index contributed by atoms with van der Waals surface area (Å²) in [4.78, 5) is 6.77. The van der Waals surface area contributed by atoms with E-state index >= 15 is 0 Å². The number of benzene rings is 1.